The van der Waals surface area contributed by atoms with E-state index >= 15 is 0 Å². The van der Waals surface area contributed by atoms with Crippen molar-refractivity contribution in [3.8, 4) is 5.75 Å². The summed E-state index contributed by atoms with van der Waals surface area (Å²) < 4.78 is 5.56. The molecule has 2 heterocycles. The maximum atomic E-state index is 5.56. The molecule has 0 bridgehead atoms. The van der Waals surface area contributed by atoms with Crippen molar-refractivity contribution in [1.29, 1.82) is 0 Å². The van der Waals surface area contributed by atoms with Gasteiger partial charge in [0, 0.05) is 18.7 Å². The van der Waals surface area contributed by atoms with Gasteiger partial charge >= 0.3 is 0 Å². The third-order valence-electron chi connectivity index (χ3n) is 4.67. The summed E-state index contributed by atoms with van der Waals surface area (Å²) >= 11 is 0. The Morgan fingerprint density at radius 2 is 2.10 bits per heavy atom. The van der Waals surface area contributed by atoms with E-state index in [0.717, 1.165) is 18.8 Å². The Morgan fingerprint density at radius 1 is 1.25 bits per heavy atom. The molecule has 3 heteroatoms. The van der Waals surface area contributed by atoms with Gasteiger partial charge in [0.1, 0.15) is 5.75 Å². The first kappa shape index (κ1) is 13.9. The molecule has 1 N–H and O–H groups in total. The van der Waals surface area contributed by atoms with Gasteiger partial charge in [0.15, 0.2) is 0 Å². The standard InChI is InChI=1S/C17H26N2O/c1-20-17-7-6-14(15-5-4-8-18-12-15)11-16(17)13-19-9-2-3-10-19/h6-7,11,15,18H,2-5,8-10,12-13H2,1H3. The highest BCUT2D eigenvalue weighted by molar-refractivity contribution is 5.39. The molecule has 1 atom stereocenters. The van der Waals surface area contributed by atoms with E-state index in [4.69, 9.17) is 4.74 Å². The van der Waals surface area contributed by atoms with E-state index in [1.807, 2.05) is 0 Å². The fourth-order valence-corrected chi connectivity index (χ4v) is 3.49. The van der Waals surface area contributed by atoms with E-state index in [0.29, 0.717) is 5.92 Å². The summed E-state index contributed by atoms with van der Waals surface area (Å²) in [5.74, 6) is 1.72. The Hall–Kier alpha value is -1.06. The van der Waals surface area contributed by atoms with Gasteiger partial charge in [-0.05, 0) is 62.9 Å². The summed E-state index contributed by atoms with van der Waals surface area (Å²) in [6, 6.07) is 6.80. The number of likely N-dealkylation sites (tertiary alicyclic amines) is 1. The molecule has 110 valence electrons. The predicted octanol–water partition coefficient (Wildman–Crippen LogP) is 2.76. The summed E-state index contributed by atoms with van der Waals surface area (Å²) in [7, 11) is 1.78. The van der Waals surface area contributed by atoms with Crippen molar-refractivity contribution < 1.29 is 4.74 Å². The van der Waals surface area contributed by atoms with Crippen LogP contribution in [-0.4, -0.2) is 38.2 Å². The van der Waals surface area contributed by atoms with Crippen LogP contribution in [0.15, 0.2) is 18.2 Å². The van der Waals surface area contributed by atoms with Gasteiger partial charge in [0.25, 0.3) is 0 Å². The maximum Gasteiger partial charge on any atom is 0.123 e. The largest absolute Gasteiger partial charge is 0.496 e. The molecule has 0 saturated carbocycles. The Bertz CT molecular complexity index is 435. The van der Waals surface area contributed by atoms with Crippen molar-refractivity contribution in [3.63, 3.8) is 0 Å². The first-order chi connectivity index (χ1) is 9.86. The SMILES string of the molecule is COc1ccc(C2CCCNC2)cc1CN1CCCC1. The van der Waals surface area contributed by atoms with Gasteiger partial charge in [0.05, 0.1) is 7.11 Å². The third kappa shape index (κ3) is 3.15. The van der Waals surface area contributed by atoms with Gasteiger partial charge in [-0.1, -0.05) is 12.1 Å². The van der Waals surface area contributed by atoms with Crippen molar-refractivity contribution in [3.05, 3.63) is 29.3 Å². The second-order valence-corrected chi connectivity index (χ2v) is 6.10. The third-order valence-corrected chi connectivity index (χ3v) is 4.67. The molecular formula is C17H26N2O. The lowest BCUT2D eigenvalue weighted by Gasteiger charge is -2.25. The van der Waals surface area contributed by atoms with Gasteiger partial charge in [-0.25, -0.2) is 0 Å². The van der Waals surface area contributed by atoms with Crippen molar-refractivity contribution in [2.24, 2.45) is 0 Å². The highest BCUT2D eigenvalue weighted by Crippen LogP contribution is 2.29. The zero-order chi connectivity index (χ0) is 13.8. The van der Waals surface area contributed by atoms with Gasteiger partial charge in [-0.2, -0.15) is 0 Å². The van der Waals surface area contributed by atoms with Crippen LogP contribution in [0.2, 0.25) is 0 Å². The molecular weight excluding hydrogens is 248 g/mol. The average Bonchev–Trinajstić information content (AvgIpc) is 3.01. The normalized spacial score (nSPS) is 23.9. The topological polar surface area (TPSA) is 24.5 Å². The van der Waals surface area contributed by atoms with Crippen LogP contribution in [-0.2, 0) is 6.54 Å². The second-order valence-electron chi connectivity index (χ2n) is 6.10. The molecule has 0 radical (unpaired) electrons. The van der Waals surface area contributed by atoms with Crippen LogP contribution in [0, 0.1) is 0 Å². The Morgan fingerprint density at radius 3 is 2.80 bits per heavy atom. The zero-order valence-corrected chi connectivity index (χ0v) is 12.5. The van der Waals surface area contributed by atoms with Crippen LogP contribution in [0.5, 0.6) is 5.75 Å². The molecule has 0 spiro atoms. The number of benzene rings is 1. The smallest absolute Gasteiger partial charge is 0.123 e. The minimum absolute atomic E-state index is 0.673. The fraction of sp³-hybridized carbons (Fsp3) is 0.647. The van der Waals surface area contributed by atoms with E-state index in [1.54, 1.807) is 7.11 Å². The Balaban J connectivity index is 1.78. The molecule has 3 rings (SSSR count). The lowest BCUT2D eigenvalue weighted by Crippen LogP contribution is -2.28. The second kappa shape index (κ2) is 6.59. The highest BCUT2D eigenvalue weighted by Gasteiger charge is 2.18. The van der Waals surface area contributed by atoms with Crippen LogP contribution >= 0.6 is 0 Å². The molecule has 1 aromatic rings. The number of hydrogen-bond acceptors (Lipinski definition) is 3. The van der Waals surface area contributed by atoms with E-state index in [-0.39, 0.29) is 0 Å². The number of nitrogens with one attached hydrogen (secondary N) is 1. The number of nitrogens with zero attached hydrogens (tertiary/aromatic N) is 1. The first-order valence-electron chi connectivity index (χ1n) is 7.96. The van der Waals surface area contributed by atoms with Crippen LogP contribution in [0.3, 0.4) is 0 Å². The fourth-order valence-electron chi connectivity index (χ4n) is 3.49. The van der Waals surface area contributed by atoms with Gasteiger partial charge < -0.3 is 10.1 Å². The molecule has 1 aromatic carbocycles. The molecule has 2 saturated heterocycles. The summed E-state index contributed by atoms with van der Waals surface area (Å²) in [6.45, 7) is 5.80. The molecule has 0 aliphatic carbocycles. The van der Waals surface area contributed by atoms with E-state index in [1.165, 1.54) is 56.4 Å². The number of rotatable bonds is 4. The van der Waals surface area contributed by atoms with Gasteiger partial charge in [-0.15, -0.1) is 0 Å². The minimum atomic E-state index is 0.673. The summed E-state index contributed by atoms with van der Waals surface area (Å²) in [4.78, 5) is 2.54. The maximum absolute atomic E-state index is 5.56. The van der Waals surface area contributed by atoms with E-state index < -0.39 is 0 Å². The molecule has 2 aliphatic rings. The molecule has 0 amide bonds. The number of hydrogen-bond donors (Lipinski definition) is 1. The highest BCUT2D eigenvalue weighted by atomic mass is 16.5. The molecule has 1 unspecified atom stereocenters. The lowest BCUT2D eigenvalue weighted by molar-refractivity contribution is 0.320. The monoisotopic (exact) mass is 274 g/mol. The Labute approximate surface area is 122 Å². The van der Waals surface area contributed by atoms with Crippen LogP contribution in [0.25, 0.3) is 0 Å². The average molecular weight is 274 g/mol. The minimum Gasteiger partial charge on any atom is -0.496 e. The van der Waals surface area contributed by atoms with Crippen LogP contribution in [0.4, 0.5) is 0 Å². The van der Waals surface area contributed by atoms with Crippen molar-refractivity contribution >= 4 is 0 Å². The summed E-state index contributed by atoms with van der Waals surface area (Å²) in [5, 5.41) is 3.51. The molecule has 0 aromatic heterocycles. The summed E-state index contributed by atoms with van der Waals surface area (Å²) in [6.07, 6.45) is 5.28. The molecule has 2 fully saturated rings. The van der Waals surface area contributed by atoms with E-state index in [9.17, 15) is 0 Å². The van der Waals surface area contributed by atoms with Gasteiger partial charge in [-0.3, -0.25) is 4.90 Å². The number of piperidine rings is 1. The summed E-state index contributed by atoms with van der Waals surface area (Å²) in [5.41, 5.74) is 2.84. The van der Waals surface area contributed by atoms with E-state index in [2.05, 4.69) is 28.4 Å². The quantitative estimate of drug-likeness (QED) is 0.913. The first-order valence-corrected chi connectivity index (χ1v) is 7.96. The van der Waals surface area contributed by atoms with Gasteiger partial charge in [0.2, 0.25) is 0 Å². The number of methoxy groups -OCH3 is 1. The predicted molar refractivity (Wildman–Crippen MR) is 82.3 cm³/mol. The van der Waals surface area contributed by atoms with Crippen LogP contribution in [0.1, 0.15) is 42.7 Å². The molecule has 3 nitrogen and oxygen atoms in total. The molecule has 2 aliphatic heterocycles. The zero-order valence-electron chi connectivity index (χ0n) is 12.5. The molecule has 20 heavy (non-hydrogen) atoms. The van der Waals surface area contributed by atoms with Crippen molar-refractivity contribution in [2.75, 3.05) is 33.3 Å². The number of ether oxygens (including phenoxy) is 1. The van der Waals surface area contributed by atoms with Crippen LogP contribution < -0.4 is 10.1 Å². The van der Waals surface area contributed by atoms with Crippen molar-refractivity contribution in [1.82, 2.24) is 10.2 Å². The lowest BCUT2D eigenvalue weighted by atomic mass is 9.90. The van der Waals surface area contributed by atoms with Crippen molar-refractivity contribution in [2.45, 2.75) is 38.1 Å². The Kier molecular flexibility index (Phi) is 4.58.